The number of anilines is 2. The Kier molecular flexibility index (Phi) is 6.88. The van der Waals surface area contributed by atoms with E-state index in [4.69, 9.17) is 5.73 Å². The molecule has 4 N–H and O–H groups in total. The summed E-state index contributed by atoms with van der Waals surface area (Å²) < 4.78 is 0. The van der Waals surface area contributed by atoms with Gasteiger partial charge < -0.3 is 16.4 Å². The van der Waals surface area contributed by atoms with Crippen LogP contribution >= 0.6 is 11.3 Å². The molecule has 1 aliphatic heterocycles. The molecule has 4 heterocycles. The van der Waals surface area contributed by atoms with Crippen LogP contribution in [0.5, 0.6) is 0 Å². The Hall–Kier alpha value is -3.55. The summed E-state index contributed by atoms with van der Waals surface area (Å²) in [4.78, 5) is 29.7. The topological polar surface area (TPSA) is 133 Å². The Bertz CT molecular complexity index is 1230. The molecule has 180 valence electrons. The van der Waals surface area contributed by atoms with Crippen LogP contribution in [0.4, 0.5) is 11.5 Å². The number of thiazole rings is 1. The molecule has 1 amide bonds. The van der Waals surface area contributed by atoms with Gasteiger partial charge >= 0.3 is 0 Å². The molecule has 3 aromatic heterocycles. The quantitative estimate of drug-likeness (QED) is 0.440. The van der Waals surface area contributed by atoms with E-state index >= 15 is 0 Å². The second kappa shape index (κ2) is 10.4. The molecule has 1 saturated carbocycles. The molecule has 0 spiro atoms. The van der Waals surface area contributed by atoms with Gasteiger partial charge in [-0.2, -0.15) is 5.26 Å². The van der Waals surface area contributed by atoms with Crippen molar-refractivity contribution in [2.24, 2.45) is 5.92 Å². The summed E-state index contributed by atoms with van der Waals surface area (Å²) in [5, 5.41) is 16.6. The molecule has 0 radical (unpaired) electrons. The lowest BCUT2D eigenvalue weighted by Gasteiger charge is -2.31. The maximum atomic E-state index is 12.8. The third-order valence-corrected chi connectivity index (χ3v) is 7.39. The number of nitrogens with one attached hydrogen (secondary N) is 2. The maximum Gasteiger partial charge on any atom is 0.270 e. The zero-order valence-corrected chi connectivity index (χ0v) is 20.2. The lowest BCUT2D eigenvalue weighted by molar-refractivity contribution is 0.0930. The predicted octanol–water partition coefficient (Wildman–Crippen LogP) is 3.27. The second-order valence-electron chi connectivity index (χ2n) is 9.13. The Balaban J connectivity index is 1.11. The van der Waals surface area contributed by atoms with Gasteiger partial charge in [0.2, 0.25) is 0 Å². The molecule has 0 aromatic carbocycles. The highest BCUT2D eigenvalue weighted by Gasteiger charge is 2.25. The number of nitriles is 1. The summed E-state index contributed by atoms with van der Waals surface area (Å²) in [7, 11) is 0. The van der Waals surface area contributed by atoms with Gasteiger partial charge in [0.1, 0.15) is 28.2 Å². The Morgan fingerprint density at radius 3 is 2.77 bits per heavy atom. The fourth-order valence-electron chi connectivity index (χ4n) is 4.21. The smallest absolute Gasteiger partial charge is 0.270 e. The molecule has 1 aliphatic carbocycles. The molecule has 10 heteroatoms. The van der Waals surface area contributed by atoms with Crippen LogP contribution in [-0.2, 0) is 6.54 Å². The van der Waals surface area contributed by atoms with Crippen LogP contribution in [0.25, 0.3) is 10.7 Å². The zero-order valence-electron chi connectivity index (χ0n) is 19.4. The number of rotatable bonds is 8. The van der Waals surface area contributed by atoms with Crippen LogP contribution in [-0.4, -0.2) is 51.4 Å². The van der Waals surface area contributed by atoms with Gasteiger partial charge in [0, 0.05) is 36.4 Å². The molecule has 0 atom stereocenters. The summed E-state index contributed by atoms with van der Waals surface area (Å²) in [6.07, 6.45) is 7.85. The fraction of sp³-hybridized carbons (Fsp3) is 0.400. The van der Waals surface area contributed by atoms with E-state index in [1.54, 1.807) is 17.5 Å². The molecule has 2 aliphatic rings. The predicted molar refractivity (Wildman–Crippen MR) is 136 cm³/mol. The average Bonchev–Trinajstić information content (AvgIpc) is 3.58. The minimum atomic E-state index is -0.255. The number of nitrogen functional groups attached to an aromatic ring is 1. The van der Waals surface area contributed by atoms with Crippen molar-refractivity contribution in [1.29, 1.82) is 5.26 Å². The van der Waals surface area contributed by atoms with Gasteiger partial charge in [-0.1, -0.05) is 6.07 Å². The summed E-state index contributed by atoms with van der Waals surface area (Å²) in [5.74, 6) is 0.567. The van der Waals surface area contributed by atoms with Crippen molar-refractivity contribution >= 4 is 28.7 Å². The number of nitrogens with zero attached hydrogens (tertiary/aromatic N) is 5. The zero-order chi connectivity index (χ0) is 24.2. The molecule has 2 fully saturated rings. The fourth-order valence-corrected chi connectivity index (χ4v) is 5.14. The molecule has 1 saturated heterocycles. The van der Waals surface area contributed by atoms with Crippen molar-refractivity contribution < 1.29 is 4.79 Å². The maximum absolute atomic E-state index is 12.8. The minimum absolute atomic E-state index is 0.246. The van der Waals surface area contributed by atoms with Crippen molar-refractivity contribution in [3.8, 4) is 16.8 Å². The van der Waals surface area contributed by atoms with Crippen LogP contribution in [0.15, 0.2) is 36.7 Å². The Morgan fingerprint density at radius 1 is 1.23 bits per heavy atom. The third-order valence-electron chi connectivity index (χ3n) is 6.39. The third kappa shape index (κ3) is 5.75. The molecular formula is C25H28N8OS. The number of carbonyl (C=O) groups excluding carboxylic acids is 1. The van der Waals surface area contributed by atoms with Gasteiger partial charge in [0.15, 0.2) is 0 Å². The first-order valence-electron chi connectivity index (χ1n) is 11.9. The highest BCUT2D eigenvalue weighted by molar-refractivity contribution is 7.14. The summed E-state index contributed by atoms with van der Waals surface area (Å²) in [6.45, 7) is 3.45. The molecule has 5 rings (SSSR count). The summed E-state index contributed by atoms with van der Waals surface area (Å²) in [6, 6.07) is 9.75. The van der Waals surface area contributed by atoms with Crippen LogP contribution < -0.4 is 16.4 Å². The van der Waals surface area contributed by atoms with Crippen LogP contribution in [0.3, 0.4) is 0 Å². The van der Waals surface area contributed by atoms with Gasteiger partial charge in [-0.05, 0) is 62.9 Å². The van der Waals surface area contributed by atoms with E-state index in [0.717, 1.165) is 56.0 Å². The van der Waals surface area contributed by atoms with Gasteiger partial charge in [-0.25, -0.2) is 9.97 Å². The van der Waals surface area contributed by atoms with E-state index < -0.39 is 0 Å². The van der Waals surface area contributed by atoms with E-state index in [-0.39, 0.29) is 17.3 Å². The van der Waals surface area contributed by atoms with Crippen molar-refractivity contribution in [2.45, 2.75) is 38.3 Å². The van der Waals surface area contributed by atoms with Crippen molar-refractivity contribution in [3.05, 3.63) is 52.8 Å². The number of carbonyl (C=O) groups is 1. The van der Waals surface area contributed by atoms with Crippen molar-refractivity contribution in [2.75, 3.05) is 30.7 Å². The van der Waals surface area contributed by atoms with Gasteiger partial charge in [-0.15, -0.1) is 11.3 Å². The van der Waals surface area contributed by atoms with Crippen LogP contribution in [0.1, 0.15) is 46.6 Å². The standard InChI is InChI=1S/C25H28N8OS/c26-12-19-20(27)11-22(32-23(19)31-17-4-5-17)24(34)29-13-16-6-9-33(10-7-16)15-18-14-30-25(35-18)21-3-1-2-8-28-21/h1-3,8,11,14,16-17H,4-7,9-10,13,15H2,(H,29,34)(H3,27,31,32). The second-order valence-corrected chi connectivity index (χ2v) is 10.2. The number of hydrogen-bond donors (Lipinski definition) is 3. The van der Waals surface area contributed by atoms with E-state index in [9.17, 15) is 10.1 Å². The van der Waals surface area contributed by atoms with Gasteiger partial charge in [0.05, 0.1) is 11.4 Å². The number of pyridine rings is 2. The Labute approximate surface area is 208 Å². The SMILES string of the molecule is N#Cc1c(N)cc(C(=O)NCC2CCN(Cc3cnc(-c4ccccn4)s3)CC2)nc1NC1CC1. The number of likely N-dealkylation sites (tertiary alicyclic amines) is 1. The van der Waals surface area contributed by atoms with Crippen LogP contribution in [0, 0.1) is 17.2 Å². The van der Waals surface area contributed by atoms with Gasteiger partial charge in [-0.3, -0.25) is 14.7 Å². The van der Waals surface area contributed by atoms with Crippen molar-refractivity contribution in [3.63, 3.8) is 0 Å². The lowest BCUT2D eigenvalue weighted by atomic mass is 9.96. The number of nitrogens with two attached hydrogens (primary N) is 1. The molecule has 0 unspecified atom stereocenters. The summed E-state index contributed by atoms with van der Waals surface area (Å²) >= 11 is 1.69. The number of aromatic nitrogens is 3. The summed E-state index contributed by atoms with van der Waals surface area (Å²) in [5.41, 5.74) is 7.76. The largest absolute Gasteiger partial charge is 0.397 e. The number of amides is 1. The number of piperidine rings is 1. The first kappa shape index (κ1) is 23.2. The lowest BCUT2D eigenvalue weighted by Crippen LogP contribution is -2.38. The normalized spacial score (nSPS) is 16.5. The van der Waals surface area contributed by atoms with Crippen molar-refractivity contribution in [1.82, 2.24) is 25.2 Å². The first-order chi connectivity index (χ1) is 17.1. The van der Waals surface area contributed by atoms with E-state index in [2.05, 4.69) is 36.6 Å². The molecular weight excluding hydrogens is 460 g/mol. The van der Waals surface area contributed by atoms with E-state index in [1.165, 1.54) is 10.9 Å². The van der Waals surface area contributed by atoms with Gasteiger partial charge in [0.25, 0.3) is 5.91 Å². The molecule has 35 heavy (non-hydrogen) atoms. The Morgan fingerprint density at radius 2 is 2.06 bits per heavy atom. The molecule has 3 aromatic rings. The number of hydrogen-bond acceptors (Lipinski definition) is 9. The molecule has 0 bridgehead atoms. The average molecular weight is 489 g/mol. The highest BCUT2D eigenvalue weighted by Crippen LogP contribution is 2.29. The highest BCUT2D eigenvalue weighted by atomic mass is 32.1. The molecule has 9 nitrogen and oxygen atoms in total. The van der Waals surface area contributed by atoms with E-state index in [1.807, 2.05) is 24.4 Å². The first-order valence-corrected chi connectivity index (χ1v) is 12.7. The monoisotopic (exact) mass is 488 g/mol. The van der Waals surface area contributed by atoms with Crippen LogP contribution in [0.2, 0.25) is 0 Å². The minimum Gasteiger partial charge on any atom is -0.397 e. The van der Waals surface area contributed by atoms with E-state index in [0.29, 0.717) is 29.9 Å².